The van der Waals surface area contributed by atoms with E-state index in [0.717, 1.165) is 57.0 Å². The van der Waals surface area contributed by atoms with Crippen LogP contribution in [0.3, 0.4) is 0 Å². The number of phenols is 1. The number of halogens is 7. The van der Waals surface area contributed by atoms with E-state index in [4.69, 9.17) is 29.9 Å². The van der Waals surface area contributed by atoms with Crippen LogP contribution in [0.5, 0.6) is 28.7 Å². The Morgan fingerprint density at radius 3 is 1.14 bits per heavy atom. The Balaban J connectivity index is 0.000000126. The molecule has 0 spiro atoms. The van der Waals surface area contributed by atoms with Crippen molar-refractivity contribution in [2.24, 2.45) is 5.73 Å². The number of methoxy groups -OCH3 is 4. The molecule has 5 aromatic heterocycles. The van der Waals surface area contributed by atoms with Gasteiger partial charge in [-0.3, -0.25) is 4.79 Å². The van der Waals surface area contributed by atoms with Gasteiger partial charge in [-0.1, -0.05) is 30.3 Å². The fraction of sp³-hybridized carbons (Fsp3) is 0.0513. The van der Waals surface area contributed by atoms with E-state index in [1.807, 2.05) is 114 Å². The number of aromatic hydroxyl groups is 1. The van der Waals surface area contributed by atoms with Crippen LogP contribution in [0, 0.1) is 63.1 Å². The fourth-order valence-corrected chi connectivity index (χ4v) is 12.7. The number of amides is 1. The van der Waals surface area contributed by atoms with E-state index in [-0.39, 0.29) is 39.3 Å². The number of nitriles is 3. The van der Waals surface area contributed by atoms with Crippen LogP contribution in [0.25, 0.3) is 83.0 Å². The Bertz CT molecular complexity index is 5660. The molecule has 15 aromatic rings. The monoisotopic (exact) mass is 1470 g/mol. The maximum atomic E-state index is 14.1. The number of carbonyl (C=O) groups excluding carboxylic acids is 1. The molecule has 0 radical (unpaired) electrons. The second-order valence-electron chi connectivity index (χ2n) is 21.7. The van der Waals surface area contributed by atoms with Gasteiger partial charge in [-0.15, -0.1) is 0 Å². The summed E-state index contributed by atoms with van der Waals surface area (Å²) in [5.41, 5.74) is 13.9. The number of primary amides is 1. The molecule has 0 saturated carbocycles. The first-order chi connectivity index (χ1) is 48.4. The largest absolute Gasteiger partial charge is 0.508 e. The number of nitrogens with two attached hydrogens (primary N) is 1. The average Bonchev–Trinajstić information content (AvgIpc) is 1.63. The topological polar surface area (TPSA) is 196 Å². The van der Waals surface area contributed by atoms with Crippen molar-refractivity contribution in [1.29, 1.82) is 15.8 Å². The van der Waals surface area contributed by atoms with Crippen LogP contribution in [0.4, 0.5) is 22.0 Å². The number of rotatable bonds is 10. The Morgan fingerprint density at radius 2 is 0.740 bits per heavy atom. The molecule has 15 nitrogen and oxygen atoms in total. The van der Waals surface area contributed by atoms with Crippen molar-refractivity contribution < 1.29 is 50.8 Å². The highest BCUT2D eigenvalue weighted by Gasteiger charge is 2.22. The van der Waals surface area contributed by atoms with E-state index in [9.17, 15) is 42.4 Å². The number of phenolic OH excluding ortho intramolecular Hbond substituents is 1. The van der Waals surface area contributed by atoms with Crippen LogP contribution < -0.4 is 24.7 Å². The average molecular weight is 1470 g/mol. The van der Waals surface area contributed by atoms with Gasteiger partial charge < -0.3 is 52.6 Å². The summed E-state index contributed by atoms with van der Waals surface area (Å²) in [7, 11) is 6.42. The van der Waals surface area contributed by atoms with Gasteiger partial charge in [0.05, 0.1) is 94.4 Å². The molecule has 22 heteroatoms. The van der Waals surface area contributed by atoms with Gasteiger partial charge in [-0.2, -0.15) is 15.8 Å². The number of aromatic nitrogens is 5. The van der Waals surface area contributed by atoms with E-state index in [0.29, 0.717) is 58.6 Å². The van der Waals surface area contributed by atoms with Gasteiger partial charge in [0.15, 0.2) is 0 Å². The molecule has 1 amide bonds. The lowest BCUT2D eigenvalue weighted by Crippen LogP contribution is -2.10. The zero-order valence-corrected chi connectivity index (χ0v) is 56.5. The summed E-state index contributed by atoms with van der Waals surface area (Å²) in [4.78, 5) is 11.5. The zero-order valence-electron chi connectivity index (χ0n) is 53.3. The van der Waals surface area contributed by atoms with Crippen LogP contribution in [0.2, 0.25) is 0 Å². The number of hydrogen-bond donors (Lipinski definition) is 2. The van der Waals surface area contributed by atoms with Crippen molar-refractivity contribution in [3.05, 3.63) is 298 Å². The van der Waals surface area contributed by atoms with Gasteiger partial charge in [0.2, 0.25) is 0 Å². The second-order valence-corrected chi connectivity index (χ2v) is 23.2. The molecule has 0 aliphatic carbocycles. The van der Waals surface area contributed by atoms with E-state index in [2.05, 4.69) is 37.9 Å². The molecule has 0 atom stereocenters. The fourth-order valence-electron chi connectivity index (χ4n) is 11.3. The standard InChI is InChI=1S/C16H10BrFN2O.C16H13FN2O2.C16H11FN2O.C15H8BrFN2O.C15H12FNO/c1-21-11-7-5-10(6-8-11)20-14-4-2-3-13(18)15(14)12(9-19)16(20)17;1-21-11-7-5-10(6-8-11)19-9-12(16(18)20)15-13(17)3-2-4-14(15)19;1-20-13-7-5-12(6-8-13)19-10-11(9-18)16-14(17)3-2-4-15(16)19;16-15-11(8-18)14-12(17)2-1-3-13(14)19(15)9-4-6-10(20)7-5-9;1-18-12-7-5-11(6-8-12)17-10-9-13-14(16)3-2-4-15(13)17/h2-8H,1H3;2-9H,1H3,(H2,18,20);2-8,10H,1H3;1-7,20H;2-10H,1H3. The number of fused-ring (bicyclic) bond motifs is 5. The summed E-state index contributed by atoms with van der Waals surface area (Å²) in [5.74, 6) is 0.618. The van der Waals surface area contributed by atoms with Crippen LogP contribution >= 0.6 is 31.9 Å². The summed E-state index contributed by atoms with van der Waals surface area (Å²) in [6.45, 7) is 0. The van der Waals surface area contributed by atoms with E-state index >= 15 is 0 Å². The minimum Gasteiger partial charge on any atom is -0.508 e. The molecule has 0 aliphatic rings. The molecular weight excluding hydrogens is 1410 g/mol. The highest BCUT2D eigenvalue weighted by atomic mass is 79.9. The van der Waals surface area contributed by atoms with Crippen LogP contribution in [0.1, 0.15) is 27.0 Å². The summed E-state index contributed by atoms with van der Waals surface area (Å²) in [5, 5.41) is 38.9. The lowest BCUT2D eigenvalue weighted by Gasteiger charge is -2.08. The van der Waals surface area contributed by atoms with Crippen LogP contribution in [-0.2, 0) is 0 Å². The van der Waals surface area contributed by atoms with Crippen molar-refractivity contribution in [3.63, 3.8) is 0 Å². The minimum absolute atomic E-state index is 0.146. The lowest BCUT2D eigenvalue weighted by atomic mass is 10.1. The molecule has 5 heterocycles. The van der Waals surface area contributed by atoms with Crippen molar-refractivity contribution in [3.8, 4) is 75.4 Å². The predicted molar refractivity (Wildman–Crippen MR) is 382 cm³/mol. The first kappa shape index (κ1) is 68.8. The van der Waals surface area contributed by atoms with Crippen LogP contribution in [-0.4, -0.2) is 62.3 Å². The Labute approximate surface area is 585 Å². The molecule has 100 heavy (non-hydrogen) atoms. The maximum Gasteiger partial charge on any atom is 0.250 e. The molecule has 0 fully saturated rings. The van der Waals surface area contributed by atoms with Crippen molar-refractivity contribution in [2.75, 3.05) is 28.4 Å². The van der Waals surface area contributed by atoms with Crippen LogP contribution in [0.15, 0.2) is 246 Å². The molecule has 10 aromatic carbocycles. The number of hydrogen-bond acceptors (Lipinski definition) is 9. The highest BCUT2D eigenvalue weighted by molar-refractivity contribution is 9.10. The Morgan fingerprint density at radius 1 is 0.400 bits per heavy atom. The van der Waals surface area contributed by atoms with Gasteiger partial charge in [-0.05, 0) is 220 Å². The number of ether oxygens (including phenoxy) is 4. The lowest BCUT2D eigenvalue weighted by molar-refractivity contribution is 0.100. The van der Waals surface area contributed by atoms with E-state index < -0.39 is 23.4 Å². The minimum atomic E-state index is -0.655. The Kier molecular flexibility index (Phi) is 20.8. The zero-order chi connectivity index (χ0) is 70.9. The summed E-state index contributed by atoms with van der Waals surface area (Å²) in [6, 6.07) is 68.0. The molecular formula is C78H54Br2F5N9O6. The van der Waals surface area contributed by atoms with E-state index in [1.165, 1.54) is 30.3 Å². The van der Waals surface area contributed by atoms with Gasteiger partial charge in [-0.25, -0.2) is 22.0 Å². The third-order valence-corrected chi connectivity index (χ3v) is 17.6. The number of carbonyl (C=O) groups is 1. The number of benzene rings is 10. The van der Waals surface area contributed by atoms with Gasteiger partial charge in [0.1, 0.15) is 85.2 Å². The summed E-state index contributed by atoms with van der Waals surface area (Å²) in [6.07, 6.45) is 5.07. The van der Waals surface area contributed by atoms with Gasteiger partial charge >= 0.3 is 0 Å². The van der Waals surface area contributed by atoms with Crippen molar-refractivity contribution >= 4 is 92.3 Å². The quantitative estimate of drug-likeness (QED) is 0.125. The van der Waals surface area contributed by atoms with Crippen molar-refractivity contribution in [1.82, 2.24) is 22.8 Å². The first-order valence-electron chi connectivity index (χ1n) is 30.1. The summed E-state index contributed by atoms with van der Waals surface area (Å²) >= 11 is 6.76. The summed E-state index contributed by atoms with van der Waals surface area (Å²) < 4.78 is 100. The van der Waals surface area contributed by atoms with Crippen molar-refractivity contribution in [2.45, 2.75) is 0 Å². The SMILES string of the molecule is COc1ccc(-n2c(Br)c(C#N)c3c(F)cccc32)cc1.COc1ccc(-n2cc(C#N)c3c(F)cccc32)cc1.COc1ccc(-n2cc(C(N)=O)c3c(F)cccc32)cc1.COc1ccc(-n2ccc3c(F)cccc32)cc1.N#Cc1c(Br)n(-c2ccc(O)cc2)c2cccc(F)c12. The van der Waals surface area contributed by atoms with Gasteiger partial charge in [0, 0.05) is 57.8 Å². The normalized spacial score (nSPS) is 10.6. The molecule has 0 bridgehead atoms. The highest BCUT2D eigenvalue weighted by Crippen LogP contribution is 2.38. The van der Waals surface area contributed by atoms with Gasteiger partial charge in [0.25, 0.3) is 5.91 Å². The third-order valence-electron chi connectivity index (χ3n) is 16.1. The van der Waals surface area contributed by atoms with E-state index in [1.54, 1.807) is 156 Å². The molecule has 15 rings (SSSR count). The smallest absolute Gasteiger partial charge is 0.250 e. The molecule has 0 saturated heterocycles. The molecule has 0 unspecified atom stereocenters. The Hall–Kier alpha value is -12.6. The maximum absolute atomic E-state index is 14.1. The second kappa shape index (κ2) is 30.3. The number of nitrogens with zero attached hydrogens (tertiary/aromatic N) is 8. The predicted octanol–water partition coefficient (Wildman–Crippen LogP) is 18.8. The molecule has 496 valence electrons. The third kappa shape index (κ3) is 13.8. The molecule has 3 N–H and O–H groups in total. The molecule has 0 aliphatic heterocycles. The first-order valence-corrected chi connectivity index (χ1v) is 31.7.